The van der Waals surface area contributed by atoms with Crippen LogP contribution in [0.1, 0.15) is 159 Å². The Bertz CT molecular complexity index is 4280. The Morgan fingerprint density at radius 1 is 0.540 bits per heavy atom. The summed E-state index contributed by atoms with van der Waals surface area (Å²) in [5.74, 6) is -30.7. The first-order valence-electron chi connectivity index (χ1n) is 39.7. The molecule has 4 rings (SSSR count). The lowest BCUT2D eigenvalue weighted by Crippen LogP contribution is -2.62. The van der Waals surface area contributed by atoms with Crippen LogP contribution in [0.4, 0.5) is 5.69 Å². The van der Waals surface area contributed by atoms with Crippen molar-refractivity contribution in [2.24, 2.45) is 28.9 Å². The van der Waals surface area contributed by atoms with Gasteiger partial charge in [0.1, 0.15) is 78.6 Å². The molecule has 0 saturated carbocycles. The van der Waals surface area contributed by atoms with Crippen molar-refractivity contribution in [3.8, 4) is 0 Å². The zero-order chi connectivity index (χ0) is 93.0. The maximum atomic E-state index is 14.8. The van der Waals surface area contributed by atoms with E-state index in [0.29, 0.717) is 48.7 Å². The van der Waals surface area contributed by atoms with Gasteiger partial charge in [0.15, 0.2) is 5.78 Å². The summed E-state index contributed by atoms with van der Waals surface area (Å²) in [7, 11) is 0. The number of carbonyl (C=O) groups excluding carboxylic acids is 16. The SMILES string of the molecule is CCCCCCCCCC(=O)N[C@@H](Cc1c[nH]c2ccccc12)C(=O)N[C@@H](CC(N)=O)C(=O)N[C@@H](CC(=O)O)C(=O)N[C@@H]1C(=O)NCC(=O)N[C@@H](CCCN)C(=O)N[C@@H](CC(=O)O)C(=O)N[C@H](C)C(=O)N[C@@H](CC(=O)O)C(=O)NCC(=O)N[C@H](CO)C(=O)N[C@@H]([C@H](C)CC(=O)O)C(=O)N[C@@H](CC(=O)c2ccccc2N)C(=O)O[C@@H]1C.NCCCC(N)C(=O)O. The molecule has 124 heavy (non-hydrogen) atoms. The summed E-state index contributed by atoms with van der Waals surface area (Å²) < 4.78 is 5.68. The number of carbonyl (C=O) groups is 21. The molecular weight excluding hydrogens is 1640 g/mol. The highest BCUT2D eigenvalue weighted by atomic mass is 16.5. The van der Waals surface area contributed by atoms with E-state index in [1.54, 1.807) is 30.5 Å². The number of hydrogen-bond donors (Lipinski definition) is 25. The number of benzene rings is 2. The number of para-hydroxylation sites is 2. The van der Waals surface area contributed by atoms with Crippen LogP contribution in [-0.4, -0.2) is 271 Å². The van der Waals surface area contributed by atoms with Crippen molar-refractivity contribution in [1.82, 2.24) is 74.1 Å². The van der Waals surface area contributed by atoms with Crippen molar-refractivity contribution in [3.63, 3.8) is 0 Å². The molecule has 2 aromatic carbocycles. The number of nitrogen functional groups attached to an aromatic ring is 1. The molecule has 30 N–H and O–H groups in total. The Kier molecular flexibility index (Phi) is 45.8. The van der Waals surface area contributed by atoms with Crippen molar-refractivity contribution in [2.75, 3.05) is 38.5 Å². The second kappa shape index (κ2) is 54.2. The molecule has 0 radical (unpaired) electrons. The number of fused-ring (bicyclic) bond motifs is 1. The molecular formula is C77H113N19O28. The second-order valence-electron chi connectivity index (χ2n) is 29.1. The van der Waals surface area contributed by atoms with Crippen molar-refractivity contribution < 1.29 is 136 Å². The van der Waals surface area contributed by atoms with E-state index in [0.717, 1.165) is 52.9 Å². The molecule has 1 saturated heterocycles. The van der Waals surface area contributed by atoms with Crippen LogP contribution in [0.3, 0.4) is 0 Å². The van der Waals surface area contributed by atoms with Gasteiger partial charge in [-0.25, -0.2) is 4.79 Å². The van der Waals surface area contributed by atoms with Gasteiger partial charge in [0.25, 0.3) is 0 Å². The maximum absolute atomic E-state index is 14.8. The van der Waals surface area contributed by atoms with Gasteiger partial charge in [0, 0.05) is 47.6 Å². The van der Waals surface area contributed by atoms with Gasteiger partial charge in [-0.3, -0.25) is 95.9 Å². The summed E-state index contributed by atoms with van der Waals surface area (Å²) in [4.78, 5) is 286. The number of ether oxygens (including phenoxy) is 1. The van der Waals surface area contributed by atoms with E-state index in [-0.39, 0.29) is 37.1 Å². The smallest absolute Gasteiger partial charge is 0.329 e. The summed E-state index contributed by atoms with van der Waals surface area (Å²) >= 11 is 0. The van der Waals surface area contributed by atoms with Crippen LogP contribution in [0.2, 0.25) is 0 Å². The molecule has 14 amide bonds. The molecule has 3 aromatic rings. The molecule has 1 aliphatic rings. The third-order valence-corrected chi connectivity index (χ3v) is 18.9. The number of aromatic amines is 1. The first-order valence-corrected chi connectivity index (χ1v) is 39.7. The van der Waals surface area contributed by atoms with Gasteiger partial charge < -0.3 is 138 Å². The molecule has 1 aromatic heterocycles. The minimum absolute atomic E-state index is 0.0186. The molecule has 47 nitrogen and oxygen atoms in total. The van der Waals surface area contributed by atoms with Crippen LogP contribution in [0.25, 0.3) is 10.9 Å². The van der Waals surface area contributed by atoms with E-state index < -0.39 is 273 Å². The third kappa shape index (κ3) is 37.8. The summed E-state index contributed by atoms with van der Waals surface area (Å²) in [6, 6.07) is -11.3. The number of Topliss-reactive ketones (excluding diaryl/α,β-unsaturated/α-hetero) is 1. The molecule has 14 atom stereocenters. The number of esters is 1. The number of ketones is 1. The Hall–Kier alpha value is -13.3. The summed E-state index contributed by atoms with van der Waals surface area (Å²) in [6.07, 6.45) is -1.19. The number of rotatable bonds is 39. The number of unbranched alkanes of at least 4 members (excludes halogenated alkanes) is 6. The van der Waals surface area contributed by atoms with Crippen LogP contribution in [0, 0.1) is 5.92 Å². The van der Waals surface area contributed by atoms with Gasteiger partial charge in [-0.1, -0.05) is 82.7 Å². The second-order valence-corrected chi connectivity index (χ2v) is 29.1. The number of carboxylic acid groups (broad SMARTS) is 5. The highest BCUT2D eigenvalue weighted by Crippen LogP contribution is 2.22. The first-order chi connectivity index (χ1) is 58.5. The van der Waals surface area contributed by atoms with Crippen molar-refractivity contribution in [2.45, 2.75) is 228 Å². The van der Waals surface area contributed by atoms with Crippen LogP contribution in [0.15, 0.2) is 54.7 Å². The zero-order valence-corrected chi connectivity index (χ0v) is 68.8. The predicted molar refractivity (Wildman–Crippen MR) is 434 cm³/mol. The number of primary amides is 1. The quantitative estimate of drug-likeness (QED) is 0.0109. The van der Waals surface area contributed by atoms with Gasteiger partial charge >= 0.3 is 35.8 Å². The molecule has 684 valence electrons. The lowest BCUT2D eigenvalue weighted by molar-refractivity contribution is -0.156. The zero-order valence-electron chi connectivity index (χ0n) is 68.8. The highest BCUT2D eigenvalue weighted by molar-refractivity contribution is 6.05. The Balaban J connectivity index is 0.00000415. The number of carboxylic acids is 5. The number of H-pyrrole nitrogens is 1. The van der Waals surface area contributed by atoms with Crippen LogP contribution in [0.5, 0.6) is 0 Å². The average Bonchev–Trinajstić information content (AvgIpc) is 1.58. The fraction of sp³-hybridized carbons (Fsp3) is 0.545. The molecule has 2 heterocycles. The number of aromatic nitrogens is 1. The van der Waals surface area contributed by atoms with Crippen molar-refractivity contribution >= 4 is 141 Å². The molecule has 0 spiro atoms. The molecule has 1 unspecified atom stereocenters. The highest BCUT2D eigenvalue weighted by Gasteiger charge is 2.41. The van der Waals surface area contributed by atoms with E-state index in [1.807, 2.05) is 16.0 Å². The van der Waals surface area contributed by atoms with Gasteiger partial charge in [0.2, 0.25) is 82.7 Å². The minimum atomic E-state index is -2.45. The number of anilines is 1. The molecule has 0 aliphatic carbocycles. The number of aliphatic hydroxyl groups is 1. The number of aliphatic hydroxyl groups excluding tert-OH is 1. The largest absolute Gasteiger partial charge is 0.481 e. The fourth-order valence-corrected chi connectivity index (χ4v) is 12.2. The van der Waals surface area contributed by atoms with Gasteiger partial charge in [-0.15, -0.1) is 0 Å². The first kappa shape index (κ1) is 105. The standard InChI is InChI=1S/C72H101N17O26.C5H12N2O2/c1-5-6-7-8-9-10-11-22-53(93)81-44(25-38-31-76-42-20-15-13-17-39(38)42)66(108)84-45(27-52(75)92)67(109)86-48(30-59(102)103)68(110)89-61-37(4)115-72(114)49(26-51(91)40-18-12-14-19-41(40)74)87-71(113)60(35(2)24-56(96)97)88-69(111)50(34-90)82-55(95)32-77-63(105)46(28-57(98)99)83-62(104)36(3)79-65(107)47(29-58(100)101)85-64(106)43(21-16-23-73)80-54(94)33-78-70(61)112;6-3-1-2-4(7)5(8)9/h12-15,17-20,31,35-37,43-50,60-61,76,90H,5-11,16,21-30,32-34,73-74H2,1-4H3,(H2,75,92)(H,77,105)(H,78,112)(H,79,107)(H,80,94)(H,81,93)(H,82,95)(H,83,104)(H,84,108)(H,85,106)(H,86,109)(H,87,113)(H,88,111)(H,89,110)(H,96,97)(H,98,99)(H,100,101)(H,102,103);4H,1-3,6-7H2,(H,8,9)/t35-,36-,37-,43+,44+,45+,46+,47+,48+,49+,50-,60+,61+;/m1./s1. The van der Waals surface area contributed by atoms with Gasteiger partial charge in [-0.2, -0.15) is 0 Å². The molecule has 0 bridgehead atoms. The fourth-order valence-electron chi connectivity index (χ4n) is 12.2. The Morgan fingerprint density at radius 2 is 1.07 bits per heavy atom. The number of aliphatic carboxylic acids is 5. The number of nitrogens with two attached hydrogens (primary N) is 5. The lowest BCUT2D eigenvalue weighted by atomic mass is 9.96. The van der Waals surface area contributed by atoms with E-state index in [9.17, 15) is 126 Å². The van der Waals surface area contributed by atoms with E-state index in [4.69, 9.17) is 38.5 Å². The Labute approximate surface area is 709 Å². The topological polar surface area (TPSA) is 791 Å². The molecule has 47 heteroatoms. The van der Waals surface area contributed by atoms with E-state index >= 15 is 0 Å². The van der Waals surface area contributed by atoms with Crippen molar-refractivity contribution in [3.05, 3.63) is 65.9 Å². The third-order valence-electron chi connectivity index (χ3n) is 18.9. The minimum Gasteiger partial charge on any atom is -0.481 e. The monoisotopic (exact) mass is 1750 g/mol. The summed E-state index contributed by atoms with van der Waals surface area (Å²) in [5, 5.41) is 86.9. The van der Waals surface area contributed by atoms with Gasteiger partial charge in [-0.05, 0) is 88.7 Å². The van der Waals surface area contributed by atoms with E-state index in [2.05, 4.69) is 65.1 Å². The van der Waals surface area contributed by atoms with E-state index in [1.165, 1.54) is 24.3 Å². The Morgan fingerprint density at radius 3 is 1.65 bits per heavy atom. The molecule has 1 aliphatic heterocycles. The lowest BCUT2D eigenvalue weighted by Gasteiger charge is -2.30. The normalized spacial score (nSPS) is 20.6. The van der Waals surface area contributed by atoms with Gasteiger partial charge in [0.05, 0.1) is 51.8 Å². The number of amides is 14. The summed E-state index contributed by atoms with van der Waals surface area (Å²) in [6.45, 7) is 1.62. The van der Waals surface area contributed by atoms with Crippen LogP contribution < -0.4 is 97.8 Å². The maximum Gasteiger partial charge on any atom is 0.329 e. The summed E-state index contributed by atoms with van der Waals surface area (Å²) in [5.41, 5.74) is 28.4. The average molecular weight is 1750 g/mol. The van der Waals surface area contributed by atoms with Crippen LogP contribution in [-0.2, 0) is 107 Å². The number of cyclic esters (lactones) is 1. The van der Waals surface area contributed by atoms with Crippen molar-refractivity contribution in [1.29, 1.82) is 0 Å². The van der Waals surface area contributed by atoms with Crippen LogP contribution >= 0.6 is 0 Å². The molecule has 1 fully saturated rings. The number of hydrogen-bond acceptors (Lipinski definition) is 27. The number of nitrogens with one attached hydrogen (secondary N) is 14. The predicted octanol–water partition coefficient (Wildman–Crippen LogP) is -6.48.